The molecule has 0 radical (unpaired) electrons. The zero-order chi connectivity index (χ0) is 51.4. The fourth-order valence-electron chi connectivity index (χ4n) is 11.7. The molecule has 0 aromatic heterocycles. The van der Waals surface area contributed by atoms with Gasteiger partial charge in [-0.25, -0.2) is 4.79 Å². The van der Waals surface area contributed by atoms with Crippen LogP contribution in [0.2, 0.25) is 54.4 Å². The van der Waals surface area contributed by atoms with E-state index in [2.05, 4.69) is 107 Å². The number of esters is 2. The van der Waals surface area contributed by atoms with E-state index in [1.807, 2.05) is 32.9 Å². The van der Waals surface area contributed by atoms with Gasteiger partial charge in [-0.3, -0.25) is 9.59 Å². The van der Waals surface area contributed by atoms with Gasteiger partial charge in [-0.2, -0.15) is 0 Å². The van der Waals surface area contributed by atoms with Gasteiger partial charge in [0.2, 0.25) is 0 Å². The first-order valence-corrected chi connectivity index (χ1v) is 35.1. The number of ether oxygens (including phenoxy) is 4. The van der Waals surface area contributed by atoms with Gasteiger partial charge in [0.15, 0.2) is 31.1 Å². The van der Waals surface area contributed by atoms with Crippen molar-refractivity contribution in [1.29, 1.82) is 0 Å². The highest BCUT2D eigenvalue weighted by Crippen LogP contribution is 2.43. The summed E-state index contributed by atoms with van der Waals surface area (Å²) < 4.78 is 47.1. The molecule has 12 atom stereocenters. The average Bonchev–Trinajstić information content (AvgIpc) is 3.72. The highest BCUT2D eigenvalue weighted by atomic mass is 28.4. The number of amides is 1. The molecule has 12 nitrogen and oxygen atoms in total. The van der Waals surface area contributed by atoms with Gasteiger partial charge in [-0.1, -0.05) is 107 Å². The summed E-state index contributed by atoms with van der Waals surface area (Å²) in [7, 11) is -6.06. The molecule has 2 bridgehead atoms. The van der Waals surface area contributed by atoms with Gasteiger partial charge in [-0.05, 0) is 113 Å². The lowest BCUT2D eigenvalue weighted by atomic mass is 9.88. The van der Waals surface area contributed by atoms with E-state index in [-0.39, 0.29) is 54.6 Å². The lowest BCUT2D eigenvalue weighted by molar-refractivity contribution is -0.168. The Morgan fingerprint density at radius 2 is 1.54 bits per heavy atom. The monoisotopic (exact) mass is 1020 g/mol. The van der Waals surface area contributed by atoms with Gasteiger partial charge in [-0.15, -0.1) is 0 Å². The molecule has 4 aliphatic heterocycles. The van der Waals surface area contributed by atoms with Crippen LogP contribution < -0.4 is 5.32 Å². The summed E-state index contributed by atoms with van der Waals surface area (Å²) in [6.45, 7) is 35.5. The molecule has 4 rings (SSSR count). The van der Waals surface area contributed by atoms with E-state index in [0.29, 0.717) is 19.4 Å². The largest absolute Gasteiger partial charge is 0.457 e. The minimum absolute atomic E-state index is 0.0579. The second-order valence-electron chi connectivity index (χ2n) is 21.7. The summed E-state index contributed by atoms with van der Waals surface area (Å²) >= 11 is 0. The summed E-state index contributed by atoms with van der Waals surface area (Å²) in [6, 6.07) is 9.53. The van der Waals surface area contributed by atoms with E-state index in [9.17, 15) is 14.4 Å². The molecule has 1 N–H and O–H groups in total. The number of allylic oxidation sites excluding steroid dienone is 2. The minimum Gasteiger partial charge on any atom is -0.457 e. The van der Waals surface area contributed by atoms with Crippen molar-refractivity contribution in [1.82, 2.24) is 10.2 Å². The number of cyclic esters (lactones) is 1. The van der Waals surface area contributed by atoms with Crippen LogP contribution in [0.25, 0.3) is 0 Å². The van der Waals surface area contributed by atoms with Crippen LogP contribution in [-0.2, 0) is 41.8 Å². The van der Waals surface area contributed by atoms with Crippen LogP contribution in [0.5, 0.6) is 0 Å². The molecule has 0 aromatic carbocycles. The van der Waals surface area contributed by atoms with Crippen LogP contribution in [0.4, 0.5) is 4.79 Å². The van der Waals surface area contributed by atoms with Crippen LogP contribution in [0.15, 0.2) is 36.0 Å². The van der Waals surface area contributed by atoms with Crippen molar-refractivity contribution in [3.8, 4) is 0 Å². The molecule has 0 aliphatic carbocycles. The van der Waals surface area contributed by atoms with Crippen molar-refractivity contribution in [2.45, 2.75) is 264 Å². The summed E-state index contributed by atoms with van der Waals surface area (Å²) in [5, 5.41) is 3.46. The van der Waals surface area contributed by atoms with E-state index < -0.39 is 66.5 Å². The molecule has 0 saturated carbocycles. The minimum atomic E-state index is -2.20. The molecule has 69 heavy (non-hydrogen) atoms. The topological polar surface area (TPSA) is 134 Å². The molecule has 1 amide bonds. The molecule has 3 fully saturated rings. The lowest BCUT2D eigenvalue weighted by Crippen LogP contribution is -2.51. The SMILES string of the molecule is CCC(O[Si](CC)(CC)CC)C(C)[C@H]1O[C@@H]1CC(C)(/C=C/C=C(\C)[C@H]1OC(=O)C[C@H](O[Si](CC)(CC)CC)CC[C@@](C)(OC(C)=O)[C@@H](OC(=O)N2CC3CC2CN3)/C=C/[C@@H]1C)O[Si](CC)(CC)CC. The lowest BCUT2D eigenvalue weighted by Gasteiger charge is -2.39. The predicted molar refractivity (Wildman–Crippen MR) is 286 cm³/mol. The third kappa shape index (κ3) is 15.5. The van der Waals surface area contributed by atoms with Crippen LogP contribution in [-0.4, -0.2) is 121 Å². The fraction of sp³-hybridized carbons (Fsp3) is 0.833. The highest BCUT2D eigenvalue weighted by Gasteiger charge is 2.51. The van der Waals surface area contributed by atoms with Crippen molar-refractivity contribution < 1.29 is 46.6 Å². The highest BCUT2D eigenvalue weighted by molar-refractivity contribution is 6.74. The first kappa shape index (κ1) is 59.4. The molecule has 4 aliphatic rings. The van der Waals surface area contributed by atoms with Gasteiger partial charge in [0.25, 0.3) is 0 Å². The number of hydrogen-bond acceptors (Lipinski definition) is 11. The number of carbonyl (C=O) groups is 3. The van der Waals surface area contributed by atoms with E-state index >= 15 is 0 Å². The Morgan fingerprint density at radius 1 is 0.928 bits per heavy atom. The Bertz CT molecular complexity index is 1730. The molecule has 5 unspecified atom stereocenters. The van der Waals surface area contributed by atoms with Crippen molar-refractivity contribution in [3.63, 3.8) is 0 Å². The van der Waals surface area contributed by atoms with Crippen LogP contribution in [0.3, 0.4) is 0 Å². The Kier molecular flexibility index (Phi) is 22.6. The normalized spacial score (nSPS) is 30.5. The smallest absolute Gasteiger partial charge is 0.410 e. The number of hydrogen-bond donors (Lipinski definition) is 1. The number of fused-ring (bicyclic) bond motifs is 2. The van der Waals surface area contributed by atoms with Gasteiger partial charge >= 0.3 is 18.0 Å². The molecule has 396 valence electrons. The number of epoxide rings is 1. The summed E-state index contributed by atoms with van der Waals surface area (Å²) in [5.74, 6) is -0.861. The molecular formula is C54H98N2O10Si3. The fourth-order valence-corrected chi connectivity index (χ4v) is 20.7. The van der Waals surface area contributed by atoms with E-state index in [4.69, 9.17) is 32.2 Å². The van der Waals surface area contributed by atoms with Gasteiger partial charge in [0.1, 0.15) is 11.7 Å². The molecule has 4 heterocycles. The second-order valence-corrected chi connectivity index (χ2v) is 35.8. The van der Waals surface area contributed by atoms with E-state index in [1.165, 1.54) is 6.92 Å². The Labute approximate surface area is 422 Å². The molecule has 0 spiro atoms. The van der Waals surface area contributed by atoms with Crippen LogP contribution in [0, 0.1) is 11.8 Å². The van der Waals surface area contributed by atoms with Crippen LogP contribution in [0.1, 0.15) is 149 Å². The predicted octanol–water partition coefficient (Wildman–Crippen LogP) is 12.4. The third-order valence-electron chi connectivity index (χ3n) is 17.2. The van der Waals surface area contributed by atoms with Crippen molar-refractivity contribution in [3.05, 3.63) is 36.0 Å². The first-order valence-electron chi connectivity index (χ1n) is 27.5. The van der Waals surface area contributed by atoms with Gasteiger partial charge < -0.3 is 42.4 Å². The summed E-state index contributed by atoms with van der Waals surface area (Å²) in [5.41, 5.74) is -0.949. The van der Waals surface area contributed by atoms with Crippen molar-refractivity contribution in [2.75, 3.05) is 13.1 Å². The number of likely N-dealkylation sites (tertiary alicyclic amines) is 1. The number of nitrogens with zero attached hydrogens (tertiary/aromatic N) is 1. The standard InChI is InChI=1S/C54H98N2O10Si3/c1-17-46(65-68(21-5,22-6)23-7)41(13)51-47(60-51)36-53(15,66-69(24-8,25-9)26-10)32-27-28-39(11)50-40(12)29-30-48(61-52(59)56-38-43-34-44(56)37-55-43)54(16,63-42(14)57)33-31-45(35-49(58)62-50)64-67(18-2,19-3)20-4/h27-30,32,40-41,43-48,50-51,55H,17-26,31,33-38H2,1-16H3/b30-29+,32-27+,39-28+/t40-,41?,43?,44?,45+,46?,47+,48-,50+,51+,53?,54+/m0/s1. The van der Waals surface area contributed by atoms with E-state index in [1.54, 1.807) is 4.90 Å². The quantitative estimate of drug-likeness (QED) is 0.0234. The van der Waals surface area contributed by atoms with Crippen LogP contribution >= 0.6 is 0 Å². The number of carbonyl (C=O) groups excluding carboxylic acids is 3. The maximum absolute atomic E-state index is 14.2. The Morgan fingerprint density at radius 3 is 2.06 bits per heavy atom. The number of nitrogens with one attached hydrogen (secondary N) is 1. The Balaban J connectivity index is 1.71. The molecule has 3 saturated heterocycles. The second kappa shape index (κ2) is 26.2. The molecule has 0 aromatic rings. The van der Waals surface area contributed by atoms with E-state index in [0.717, 1.165) is 85.8 Å². The van der Waals surface area contributed by atoms with Crippen molar-refractivity contribution in [2.24, 2.45) is 11.8 Å². The Hall–Kier alpha value is -2.12. The average molecular weight is 1020 g/mol. The zero-order valence-electron chi connectivity index (χ0n) is 46.2. The summed E-state index contributed by atoms with van der Waals surface area (Å²) in [4.78, 5) is 42.9. The number of rotatable bonds is 25. The third-order valence-corrected chi connectivity index (χ3v) is 31.4. The van der Waals surface area contributed by atoms with Crippen molar-refractivity contribution >= 4 is 43.0 Å². The number of piperazine rings is 1. The maximum Gasteiger partial charge on any atom is 0.410 e. The van der Waals surface area contributed by atoms with Gasteiger partial charge in [0.05, 0.1) is 30.3 Å². The molecular weight excluding hydrogens is 921 g/mol. The maximum atomic E-state index is 14.2. The zero-order valence-corrected chi connectivity index (χ0v) is 49.2. The molecule has 15 heteroatoms. The summed E-state index contributed by atoms with van der Waals surface area (Å²) in [6.07, 6.45) is 11.4. The van der Waals surface area contributed by atoms with Gasteiger partial charge in [0, 0.05) is 56.5 Å². The first-order chi connectivity index (χ1) is 32.6.